The molecule has 0 bridgehead atoms. The predicted octanol–water partition coefficient (Wildman–Crippen LogP) is 3.30. The molecule has 0 amide bonds. The first kappa shape index (κ1) is 9.71. The predicted molar refractivity (Wildman–Crippen MR) is 57.2 cm³/mol. The van der Waals surface area contributed by atoms with Gasteiger partial charge in [-0.3, -0.25) is 0 Å². The molecular weight excluding hydrogens is 191 g/mol. The molecule has 2 aromatic rings. The minimum Gasteiger partial charge on any atom is -0.496 e. The minimum absolute atomic E-state index is 0.248. The van der Waals surface area contributed by atoms with Crippen LogP contribution in [0.2, 0.25) is 0 Å². The Morgan fingerprint density at radius 2 is 1.93 bits per heavy atom. The average Bonchev–Trinajstić information content (AvgIpc) is 2.30. The van der Waals surface area contributed by atoms with Gasteiger partial charge in [0.15, 0.2) is 0 Å². The molecule has 0 N–H and O–H groups in total. The van der Waals surface area contributed by atoms with Crippen LogP contribution >= 0.6 is 0 Å². The lowest BCUT2D eigenvalue weighted by atomic mass is 10.0. The molecule has 0 aliphatic heterocycles. The lowest BCUT2D eigenvalue weighted by Gasteiger charge is -2.08. The Kier molecular flexibility index (Phi) is 2.68. The molecule has 0 saturated carbocycles. The highest BCUT2D eigenvalue weighted by Crippen LogP contribution is 2.30. The smallest absolute Gasteiger partial charge is 0.131 e. The van der Waals surface area contributed by atoms with Crippen LogP contribution in [0, 0.1) is 11.9 Å². The van der Waals surface area contributed by atoms with Gasteiger partial charge in [-0.15, -0.1) is 0 Å². The Morgan fingerprint density at radius 3 is 2.67 bits per heavy atom. The van der Waals surface area contributed by atoms with Crippen molar-refractivity contribution >= 4 is 0 Å². The van der Waals surface area contributed by atoms with E-state index in [0.717, 1.165) is 5.56 Å². The number of ether oxygens (including phenoxy) is 1. The van der Waals surface area contributed by atoms with Gasteiger partial charge in [0.2, 0.25) is 0 Å². The number of rotatable bonds is 2. The second kappa shape index (κ2) is 4.13. The molecule has 0 saturated heterocycles. The Labute approximate surface area is 88.1 Å². The maximum atomic E-state index is 13.5. The first-order valence-corrected chi connectivity index (χ1v) is 4.62. The fourth-order valence-electron chi connectivity index (χ4n) is 1.49. The van der Waals surface area contributed by atoms with Crippen LogP contribution in [0.4, 0.5) is 4.39 Å². The fraction of sp³-hybridized carbons (Fsp3) is 0.0769. The highest BCUT2D eigenvalue weighted by molar-refractivity contribution is 5.70. The zero-order valence-corrected chi connectivity index (χ0v) is 8.33. The normalized spacial score (nSPS) is 10.0. The number of hydrogen-bond donors (Lipinski definition) is 0. The van der Waals surface area contributed by atoms with Gasteiger partial charge in [0.1, 0.15) is 11.6 Å². The zero-order valence-electron chi connectivity index (χ0n) is 8.33. The Hall–Kier alpha value is -1.83. The summed E-state index contributed by atoms with van der Waals surface area (Å²) in [5, 5.41) is 0. The van der Waals surface area contributed by atoms with Gasteiger partial charge in [0.25, 0.3) is 0 Å². The highest BCUT2D eigenvalue weighted by Gasteiger charge is 2.08. The average molecular weight is 201 g/mol. The summed E-state index contributed by atoms with van der Waals surface area (Å²) in [6.45, 7) is 0. The van der Waals surface area contributed by atoms with Crippen LogP contribution in [-0.4, -0.2) is 7.11 Å². The molecule has 2 rings (SSSR count). The van der Waals surface area contributed by atoms with E-state index in [1.165, 1.54) is 6.07 Å². The van der Waals surface area contributed by atoms with E-state index >= 15 is 0 Å². The van der Waals surface area contributed by atoms with Gasteiger partial charge in [-0.05, 0) is 24.3 Å². The third-order valence-electron chi connectivity index (χ3n) is 2.21. The van der Waals surface area contributed by atoms with Gasteiger partial charge in [-0.1, -0.05) is 24.3 Å². The van der Waals surface area contributed by atoms with Crippen molar-refractivity contribution in [3.05, 3.63) is 54.3 Å². The van der Waals surface area contributed by atoms with Crippen molar-refractivity contribution < 1.29 is 9.13 Å². The Balaban J connectivity index is 2.59. The molecule has 0 fully saturated rings. The Bertz CT molecular complexity index is 466. The number of hydrogen-bond acceptors (Lipinski definition) is 1. The van der Waals surface area contributed by atoms with Crippen LogP contribution in [0.1, 0.15) is 0 Å². The van der Waals surface area contributed by atoms with Crippen molar-refractivity contribution in [2.45, 2.75) is 0 Å². The molecule has 0 spiro atoms. The van der Waals surface area contributed by atoms with Crippen LogP contribution < -0.4 is 4.74 Å². The van der Waals surface area contributed by atoms with E-state index in [-0.39, 0.29) is 5.82 Å². The SMILES string of the molecule is COc1c[c]ccc1-c1ccccc1F. The van der Waals surface area contributed by atoms with E-state index < -0.39 is 0 Å². The van der Waals surface area contributed by atoms with Crippen LogP contribution in [0.15, 0.2) is 42.5 Å². The van der Waals surface area contributed by atoms with Crippen molar-refractivity contribution in [3.63, 3.8) is 0 Å². The van der Waals surface area contributed by atoms with Gasteiger partial charge in [0.05, 0.1) is 7.11 Å². The van der Waals surface area contributed by atoms with Gasteiger partial charge in [-0.2, -0.15) is 0 Å². The Morgan fingerprint density at radius 1 is 1.13 bits per heavy atom. The monoisotopic (exact) mass is 201 g/mol. The largest absolute Gasteiger partial charge is 0.496 e. The fourth-order valence-corrected chi connectivity index (χ4v) is 1.49. The molecule has 0 heterocycles. The summed E-state index contributed by atoms with van der Waals surface area (Å²) in [6.07, 6.45) is 0. The maximum Gasteiger partial charge on any atom is 0.131 e. The van der Waals surface area contributed by atoms with Crippen molar-refractivity contribution in [2.75, 3.05) is 7.11 Å². The molecule has 0 aliphatic rings. The van der Waals surface area contributed by atoms with Crippen molar-refractivity contribution in [3.8, 4) is 16.9 Å². The van der Waals surface area contributed by atoms with E-state index in [4.69, 9.17) is 4.74 Å². The van der Waals surface area contributed by atoms with Crippen molar-refractivity contribution in [2.24, 2.45) is 0 Å². The first-order valence-electron chi connectivity index (χ1n) is 4.62. The quantitative estimate of drug-likeness (QED) is 0.724. The lowest BCUT2D eigenvalue weighted by Crippen LogP contribution is -1.89. The van der Waals surface area contributed by atoms with E-state index in [1.54, 1.807) is 43.5 Å². The molecule has 1 nitrogen and oxygen atoms in total. The van der Waals surface area contributed by atoms with Crippen LogP contribution in [-0.2, 0) is 0 Å². The third kappa shape index (κ3) is 1.84. The number of methoxy groups -OCH3 is 1. The minimum atomic E-state index is -0.248. The molecule has 0 atom stereocenters. The van der Waals surface area contributed by atoms with Gasteiger partial charge in [0, 0.05) is 11.1 Å². The maximum absolute atomic E-state index is 13.5. The van der Waals surface area contributed by atoms with E-state index in [2.05, 4.69) is 6.07 Å². The molecule has 2 heteroatoms. The second-order valence-corrected chi connectivity index (χ2v) is 3.11. The van der Waals surface area contributed by atoms with E-state index in [0.29, 0.717) is 11.3 Å². The summed E-state index contributed by atoms with van der Waals surface area (Å²) in [6, 6.07) is 14.8. The molecule has 0 aromatic heterocycles. The highest BCUT2D eigenvalue weighted by atomic mass is 19.1. The summed E-state index contributed by atoms with van der Waals surface area (Å²) >= 11 is 0. The summed E-state index contributed by atoms with van der Waals surface area (Å²) in [5.41, 5.74) is 1.29. The molecule has 75 valence electrons. The lowest BCUT2D eigenvalue weighted by molar-refractivity contribution is 0.416. The number of halogens is 1. The molecule has 0 aliphatic carbocycles. The second-order valence-electron chi connectivity index (χ2n) is 3.11. The molecule has 2 aromatic carbocycles. The molecule has 1 radical (unpaired) electrons. The van der Waals surface area contributed by atoms with Gasteiger partial charge in [-0.25, -0.2) is 4.39 Å². The first-order chi connectivity index (χ1) is 7.33. The molecule has 15 heavy (non-hydrogen) atoms. The van der Waals surface area contributed by atoms with Crippen molar-refractivity contribution in [1.82, 2.24) is 0 Å². The molecular formula is C13H10FO. The van der Waals surface area contributed by atoms with E-state index in [9.17, 15) is 4.39 Å². The summed E-state index contributed by atoms with van der Waals surface area (Å²) in [4.78, 5) is 0. The van der Waals surface area contributed by atoms with E-state index in [1.807, 2.05) is 0 Å². The van der Waals surface area contributed by atoms with Crippen LogP contribution in [0.5, 0.6) is 5.75 Å². The molecule has 0 unspecified atom stereocenters. The number of benzene rings is 2. The standard InChI is InChI=1S/C13H10FO/c1-15-13-9-5-3-7-11(13)10-6-2-4-8-12(10)14/h2-4,6-9H,1H3. The van der Waals surface area contributed by atoms with Gasteiger partial charge >= 0.3 is 0 Å². The van der Waals surface area contributed by atoms with Gasteiger partial charge < -0.3 is 4.74 Å². The zero-order chi connectivity index (χ0) is 10.7. The van der Waals surface area contributed by atoms with Crippen LogP contribution in [0.25, 0.3) is 11.1 Å². The van der Waals surface area contributed by atoms with Crippen LogP contribution in [0.3, 0.4) is 0 Å². The topological polar surface area (TPSA) is 9.23 Å². The summed E-state index contributed by atoms with van der Waals surface area (Å²) in [5.74, 6) is 0.379. The summed E-state index contributed by atoms with van der Waals surface area (Å²) < 4.78 is 18.7. The third-order valence-corrected chi connectivity index (χ3v) is 2.21. The summed E-state index contributed by atoms with van der Waals surface area (Å²) in [7, 11) is 1.56. The van der Waals surface area contributed by atoms with Crippen molar-refractivity contribution in [1.29, 1.82) is 0 Å².